The minimum atomic E-state index is -0.145. The number of hydrogen-bond acceptors (Lipinski definition) is 2. The molecule has 2 N–H and O–H groups in total. The second-order valence-electron chi connectivity index (χ2n) is 6.32. The van der Waals surface area contributed by atoms with E-state index in [0.29, 0.717) is 13.1 Å². The molecule has 1 fully saturated rings. The zero-order chi connectivity index (χ0) is 16.8. The highest BCUT2D eigenvalue weighted by molar-refractivity contribution is 5.73. The van der Waals surface area contributed by atoms with Crippen molar-refractivity contribution in [2.45, 2.75) is 39.0 Å². The molecule has 1 atom stereocenters. The van der Waals surface area contributed by atoms with Crippen LogP contribution < -0.4 is 10.6 Å². The van der Waals surface area contributed by atoms with Crippen molar-refractivity contribution < 1.29 is 9.53 Å². The van der Waals surface area contributed by atoms with E-state index in [4.69, 9.17) is 4.74 Å². The first-order valence-electron chi connectivity index (χ1n) is 8.53. The van der Waals surface area contributed by atoms with Crippen LogP contribution in [-0.2, 0) is 17.8 Å². The van der Waals surface area contributed by atoms with Gasteiger partial charge in [-0.15, -0.1) is 0 Å². The number of urea groups is 1. The van der Waals surface area contributed by atoms with Crippen LogP contribution in [0.15, 0.2) is 42.6 Å². The summed E-state index contributed by atoms with van der Waals surface area (Å²) in [5, 5.41) is 5.80. The second kappa shape index (κ2) is 8.02. The first kappa shape index (κ1) is 16.6. The Morgan fingerprint density at radius 3 is 3.00 bits per heavy atom. The van der Waals surface area contributed by atoms with Crippen molar-refractivity contribution in [1.82, 2.24) is 15.2 Å². The molecular weight excluding hydrogens is 302 g/mol. The number of hydrogen-bond donors (Lipinski definition) is 2. The van der Waals surface area contributed by atoms with Gasteiger partial charge in [-0.1, -0.05) is 29.8 Å². The molecule has 1 aromatic heterocycles. The lowest BCUT2D eigenvalue weighted by Crippen LogP contribution is -2.39. The van der Waals surface area contributed by atoms with Gasteiger partial charge in [0.1, 0.15) is 0 Å². The van der Waals surface area contributed by atoms with Crippen LogP contribution in [-0.4, -0.2) is 29.9 Å². The van der Waals surface area contributed by atoms with Gasteiger partial charge in [-0.2, -0.15) is 0 Å². The summed E-state index contributed by atoms with van der Waals surface area (Å²) in [6, 6.07) is 12.4. The van der Waals surface area contributed by atoms with Gasteiger partial charge >= 0.3 is 6.03 Å². The number of rotatable bonds is 6. The number of ether oxygens (including phenoxy) is 1. The quantitative estimate of drug-likeness (QED) is 0.857. The Kier molecular flexibility index (Phi) is 5.54. The Morgan fingerprint density at radius 2 is 2.21 bits per heavy atom. The fourth-order valence-electron chi connectivity index (χ4n) is 3.02. The van der Waals surface area contributed by atoms with Crippen molar-refractivity contribution in [2.24, 2.45) is 0 Å². The molecular formula is C19H25N3O2. The van der Waals surface area contributed by atoms with Gasteiger partial charge in [0.25, 0.3) is 0 Å². The minimum Gasteiger partial charge on any atom is -0.376 e. The topological polar surface area (TPSA) is 55.3 Å². The van der Waals surface area contributed by atoms with Crippen molar-refractivity contribution >= 4 is 6.03 Å². The summed E-state index contributed by atoms with van der Waals surface area (Å²) in [5.74, 6) is 0. The molecule has 1 aromatic carbocycles. The van der Waals surface area contributed by atoms with E-state index < -0.39 is 0 Å². The maximum Gasteiger partial charge on any atom is 0.315 e. The van der Waals surface area contributed by atoms with Gasteiger partial charge in [0.2, 0.25) is 0 Å². The minimum absolute atomic E-state index is 0.145. The molecule has 3 rings (SSSR count). The highest BCUT2D eigenvalue weighted by atomic mass is 16.5. The summed E-state index contributed by atoms with van der Waals surface area (Å²) in [6.45, 7) is 4.80. The molecule has 1 aliphatic heterocycles. The maximum atomic E-state index is 11.9. The standard InChI is InChI=1S/C19H25N3O2/c1-15-5-2-6-16(11-15)14-22-9-3-7-17(22)12-20-19(23)21-13-18-8-4-10-24-18/h2-3,5-7,9,11,18H,4,8,10,12-14H2,1H3,(H2,20,21,23). The van der Waals surface area contributed by atoms with E-state index in [9.17, 15) is 4.79 Å². The van der Waals surface area contributed by atoms with Crippen molar-refractivity contribution in [3.05, 3.63) is 59.4 Å². The highest BCUT2D eigenvalue weighted by Gasteiger charge is 2.16. The number of carbonyl (C=O) groups excluding carboxylic acids is 1. The summed E-state index contributed by atoms with van der Waals surface area (Å²) in [4.78, 5) is 11.9. The van der Waals surface area contributed by atoms with E-state index in [1.807, 2.05) is 18.3 Å². The molecule has 1 unspecified atom stereocenters. The fraction of sp³-hybridized carbons (Fsp3) is 0.421. The zero-order valence-corrected chi connectivity index (χ0v) is 14.1. The third-order valence-electron chi connectivity index (χ3n) is 4.30. The average Bonchev–Trinajstić information content (AvgIpc) is 3.23. The fourth-order valence-corrected chi connectivity index (χ4v) is 3.02. The molecule has 2 heterocycles. The number of nitrogens with zero attached hydrogens (tertiary/aromatic N) is 1. The molecule has 5 heteroatoms. The lowest BCUT2D eigenvalue weighted by molar-refractivity contribution is 0.111. The van der Waals surface area contributed by atoms with Crippen LogP contribution in [0.1, 0.15) is 29.7 Å². The summed E-state index contributed by atoms with van der Waals surface area (Å²) in [6.07, 6.45) is 4.32. The van der Waals surface area contributed by atoms with Crippen LogP contribution in [0.5, 0.6) is 0 Å². The molecule has 128 valence electrons. The van der Waals surface area contributed by atoms with Gasteiger partial charge in [0.15, 0.2) is 0 Å². The zero-order valence-electron chi connectivity index (χ0n) is 14.1. The molecule has 0 bridgehead atoms. The van der Waals surface area contributed by atoms with Crippen LogP contribution in [0.4, 0.5) is 4.79 Å². The molecule has 0 saturated carbocycles. The van der Waals surface area contributed by atoms with E-state index in [0.717, 1.165) is 31.7 Å². The molecule has 2 aromatic rings. The maximum absolute atomic E-state index is 11.9. The van der Waals surface area contributed by atoms with Gasteiger partial charge in [-0.25, -0.2) is 4.79 Å². The number of aryl methyl sites for hydroxylation is 1. The van der Waals surface area contributed by atoms with E-state index in [-0.39, 0.29) is 12.1 Å². The van der Waals surface area contributed by atoms with Crippen molar-refractivity contribution in [3.8, 4) is 0 Å². The van der Waals surface area contributed by atoms with Crippen LogP contribution in [0.3, 0.4) is 0 Å². The molecule has 0 aliphatic carbocycles. The first-order chi connectivity index (χ1) is 11.7. The predicted molar refractivity (Wildman–Crippen MR) is 93.9 cm³/mol. The SMILES string of the molecule is Cc1cccc(Cn2cccc2CNC(=O)NCC2CCCO2)c1. The summed E-state index contributed by atoms with van der Waals surface area (Å²) < 4.78 is 7.66. The van der Waals surface area contributed by atoms with Gasteiger partial charge < -0.3 is 19.9 Å². The van der Waals surface area contributed by atoms with Crippen molar-refractivity contribution in [2.75, 3.05) is 13.2 Å². The summed E-state index contributed by atoms with van der Waals surface area (Å²) in [5.41, 5.74) is 3.60. The molecule has 5 nitrogen and oxygen atoms in total. The lowest BCUT2D eigenvalue weighted by atomic mass is 10.1. The van der Waals surface area contributed by atoms with E-state index >= 15 is 0 Å². The lowest BCUT2D eigenvalue weighted by Gasteiger charge is -2.13. The average molecular weight is 327 g/mol. The van der Waals surface area contributed by atoms with E-state index in [1.165, 1.54) is 11.1 Å². The van der Waals surface area contributed by atoms with Crippen molar-refractivity contribution in [1.29, 1.82) is 0 Å². The monoisotopic (exact) mass is 327 g/mol. The van der Waals surface area contributed by atoms with E-state index in [1.54, 1.807) is 0 Å². The molecule has 0 radical (unpaired) electrons. The van der Waals surface area contributed by atoms with Gasteiger partial charge in [0.05, 0.1) is 12.6 Å². The normalized spacial score (nSPS) is 17.0. The van der Waals surface area contributed by atoms with Crippen LogP contribution >= 0.6 is 0 Å². The van der Waals surface area contributed by atoms with Crippen LogP contribution in [0, 0.1) is 6.92 Å². The summed E-state index contributed by atoms with van der Waals surface area (Å²) >= 11 is 0. The highest BCUT2D eigenvalue weighted by Crippen LogP contribution is 2.11. The number of carbonyl (C=O) groups is 1. The number of nitrogens with one attached hydrogen (secondary N) is 2. The third-order valence-corrected chi connectivity index (χ3v) is 4.30. The Labute approximate surface area is 143 Å². The van der Waals surface area contributed by atoms with Gasteiger partial charge in [0, 0.05) is 31.6 Å². The first-order valence-corrected chi connectivity index (χ1v) is 8.53. The smallest absolute Gasteiger partial charge is 0.315 e. The molecule has 1 aliphatic rings. The third kappa shape index (κ3) is 4.61. The van der Waals surface area contributed by atoms with E-state index in [2.05, 4.69) is 46.4 Å². The van der Waals surface area contributed by atoms with Crippen LogP contribution in [0.25, 0.3) is 0 Å². The molecule has 1 saturated heterocycles. The molecule has 24 heavy (non-hydrogen) atoms. The Bertz CT molecular complexity index is 675. The van der Waals surface area contributed by atoms with Crippen LogP contribution in [0.2, 0.25) is 0 Å². The molecule has 0 spiro atoms. The molecule has 2 amide bonds. The van der Waals surface area contributed by atoms with Crippen molar-refractivity contribution in [3.63, 3.8) is 0 Å². The Hall–Kier alpha value is -2.27. The largest absolute Gasteiger partial charge is 0.376 e. The Balaban J connectivity index is 1.49. The number of amides is 2. The Morgan fingerprint density at radius 1 is 1.29 bits per heavy atom. The summed E-state index contributed by atoms with van der Waals surface area (Å²) in [7, 11) is 0. The number of benzene rings is 1. The predicted octanol–water partition coefficient (Wildman–Crippen LogP) is 2.82. The van der Waals surface area contributed by atoms with Gasteiger partial charge in [-0.3, -0.25) is 0 Å². The van der Waals surface area contributed by atoms with Gasteiger partial charge in [-0.05, 0) is 37.5 Å². The second-order valence-corrected chi connectivity index (χ2v) is 6.32. The number of aromatic nitrogens is 1.